The highest BCUT2D eigenvalue weighted by molar-refractivity contribution is 5.78. The van der Waals surface area contributed by atoms with Crippen molar-refractivity contribution in [3.05, 3.63) is 24.2 Å². The number of amides is 1. The van der Waals surface area contributed by atoms with Gasteiger partial charge in [-0.25, -0.2) is 0 Å². The first-order chi connectivity index (χ1) is 12.3. The highest BCUT2D eigenvalue weighted by atomic mass is 16.5. The summed E-state index contributed by atoms with van der Waals surface area (Å²) in [5.74, 6) is 2.21. The fourth-order valence-corrected chi connectivity index (χ4v) is 4.30. The lowest BCUT2D eigenvalue weighted by Gasteiger charge is -2.49. The van der Waals surface area contributed by atoms with Gasteiger partial charge in [-0.15, -0.1) is 0 Å². The van der Waals surface area contributed by atoms with Crippen molar-refractivity contribution in [3.8, 4) is 0 Å². The Hall–Kier alpha value is -1.33. The van der Waals surface area contributed by atoms with Crippen molar-refractivity contribution in [2.75, 3.05) is 39.5 Å². The monoisotopic (exact) mass is 347 g/mol. The maximum atomic E-state index is 12.5. The average Bonchev–Trinajstić information content (AvgIpc) is 3.31. The van der Waals surface area contributed by atoms with E-state index in [9.17, 15) is 4.79 Å². The molecule has 1 aromatic rings. The molecule has 2 aliphatic heterocycles. The largest absolute Gasteiger partial charge is 0.469 e. The number of piperidine rings is 1. The van der Waals surface area contributed by atoms with Gasteiger partial charge in [0.05, 0.1) is 25.9 Å². The van der Waals surface area contributed by atoms with Gasteiger partial charge < -0.3 is 18.8 Å². The number of rotatable bonds is 6. The Morgan fingerprint density at radius 3 is 2.80 bits per heavy atom. The van der Waals surface area contributed by atoms with E-state index < -0.39 is 0 Å². The molecule has 0 N–H and O–H groups in total. The fourth-order valence-electron chi connectivity index (χ4n) is 4.30. The molecule has 0 aromatic carbocycles. The van der Waals surface area contributed by atoms with E-state index in [-0.39, 0.29) is 5.91 Å². The summed E-state index contributed by atoms with van der Waals surface area (Å²) in [6.07, 6.45) is 7.90. The van der Waals surface area contributed by atoms with Crippen molar-refractivity contribution >= 4 is 5.91 Å². The summed E-state index contributed by atoms with van der Waals surface area (Å²) in [7, 11) is 0. The van der Waals surface area contributed by atoms with Gasteiger partial charge in [-0.3, -0.25) is 4.79 Å². The van der Waals surface area contributed by atoms with Crippen molar-refractivity contribution in [1.82, 2.24) is 4.90 Å². The van der Waals surface area contributed by atoms with Crippen LogP contribution in [0.5, 0.6) is 0 Å². The SMILES string of the molecule is O=C(Cc1ccco1)N1CCC2(CCOC[C@H]2COCC2CC2)CC1. The van der Waals surface area contributed by atoms with Crippen LogP contribution < -0.4 is 0 Å². The zero-order chi connectivity index (χ0) is 17.1. The lowest BCUT2D eigenvalue weighted by molar-refractivity contribution is -0.138. The van der Waals surface area contributed by atoms with Crippen molar-refractivity contribution < 1.29 is 18.7 Å². The van der Waals surface area contributed by atoms with Crippen LogP contribution in [0, 0.1) is 17.3 Å². The summed E-state index contributed by atoms with van der Waals surface area (Å²) in [4.78, 5) is 14.5. The summed E-state index contributed by atoms with van der Waals surface area (Å²) >= 11 is 0. The molecule has 0 unspecified atom stereocenters. The van der Waals surface area contributed by atoms with E-state index in [0.717, 1.165) is 70.5 Å². The number of carbonyl (C=O) groups excluding carboxylic acids is 1. The normalized spacial score (nSPS) is 26.1. The van der Waals surface area contributed by atoms with Crippen LogP contribution in [0.25, 0.3) is 0 Å². The summed E-state index contributed by atoms with van der Waals surface area (Å²) in [5, 5.41) is 0. The minimum Gasteiger partial charge on any atom is -0.469 e. The van der Waals surface area contributed by atoms with E-state index in [1.54, 1.807) is 6.26 Å². The molecule has 4 rings (SSSR count). The van der Waals surface area contributed by atoms with Crippen molar-refractivity contribution in [1.29, 1.82) is 0 Å². The number of likely N-dealkylation sites (tertiary alicyclic amines) is 1. The summed E-state index contributed by atoms with van der Waals surface area (Å²) < 4.78 is 17.1. The number of nitrogens with zero attached hydrogens (tertiary/aromatic N) is 1. The molecule has 1 amide bonds. The molecule has 5 nitrogen and oxygen atoms in total. The number of carbonyl (C=O) groups is 1. The molecule has 3 aliphatic rings. The van der Waals surface area contributed by atoms with Gasteiger partial charge in [0.25, 0.3) is 0 Å². The molecule has 3 fully saturated rings. The smallest absolute Gasteiger partial charge is 0.230 e. The molecule has 1 saturated carbocycles. The third kappa shape index (κ3) is 4.09. The highest BCUT2D eigenvalue weighted by Gasteiger charge is 2.44. The van der Waals surface area contributed by atoms with Crippen LogP contribution in [-0.2, 0) is 20.7 Å². The minimum absolute atomic E-state index is 0.179. The molecule has 0 bridgehead atoms. The maximum absolute atomic E-state index is 12.5. The second kappa shape index (κ2) is 7.50. The molecular formula is C20H29NO4. The Kier molecular flexibility index (Phi) is 5.13. The van der Waals surface area contributed by atoms with Crippen molar-refractivity contribution in [3.63, 3.8) is 0 Å². The molecule has 5 heteroatoms. The van der Waals surface area contributed by atoms with Crippen LogP contribution in [0.1, 0.15) is 37.9 Å². The Labute approximate surface area is 149 Å². The van der Waals surface area contributed by atoms with Gasteiger partial charge in [0.1, 0.15) is 5.76 Å². The zero-order valence-corrected chi connectivity index (χ0v) is 15.0. The quantitative estimate of drug-likeness (QED) is 0.794. The number of hydrogen-bond acceptors (Lipinski definition) is 4. The molecule has 138 valence electrons. The van der Waals surface area contributed by atoms with E-state index in [4.69, 9.17) is 13.9 Å². The molecular weight excluding hydrogens is 318 g/mol. The number of furan rings is 1. The summed E-state index contributed by atoms with van der Waals surface area (Å²) in [6, 6.07) is 3.71. The summed E-state index contributed by atoms with van der Waals surface area (Å²) in [6.45, 7) is 5.08. The first-order valence-corrected chi connectivity index (χ1v) is 9.71. The van der Waals surface area contributed by atoms with Crippen LogP contribution in [0.4, 0.5) is 0 Å². The maximum Gasteiger partial charge on any atom is 0.230 e. The van der Waals surface area contributed by atoms with Gasteiger partial charge in [-0.1, -0.05) is 0 Å². The first-order valence-electron chi connectivity index (χ1n) is 9.71. The zero-order valence-electron chi connectivity index (χ0n) is 15.0. The second-order valence-electron chi connectivity index (χ2n) is 8.00. The molecule has 1 aromatic heterocycles. The van der Waals surface area contributed by atoms with Crippen molar-refractivity contribution in [2.24, 2.45) is 17.3 Å². The lowest BCUT2D eigenvalue weighted by Crippen LogP contribution is -2.50. The van der Waals surface area contributed by atoms with E-state index in [1.165, 1.54) is 12.8 Å². The van der Waals surface area contributed by atoms with Gasteiger partial charge in [-0.05, 0) is 55.6 Å². The van der Waals surface area contributed by atoms with E-state index in [0.29, 0.717) is 17.8 Å². The van der Waals surface area contributed by atoms with Gasteiger partial charge in [0.2, 0.25) is 5.91 Å². The van der Waals surface area contributed by atoms with Crippen LogP contribution in [0.15, 0.2) is 22.8 Å². The molecule has 1 aliphatic carbocycles. The third-order valence-corrected chi connectivity index (χ3v) is 6.32. The minimum atomic E-state index is 0.179. The predicted octanol–water partition coefficient (Wildman–Crippen LogP) is 2.89. The molecule has 1 spiro atoms. The van der Waals surface area contributed by atoms with Crippen LogP contribution >= 0.6 is 0 Å². The van der Waals surface area contributed by atoms with Crippen LogP contribution in [0.3, 0.4) is 0 Å². The number of ether oxygens (including phenoxy) is 2. The molecule has 25 heavy (non-hydrogen) atoms. The topological polar surface area (TPSA) is 51.9 Å². The third-order valence-electron chi connectivity index (χ3n) is 6.32. The van der Waals surface area contributed by atoms with Crippen LogP contribution in [-0.4, -0.2) is 50.3 Å². The molecule has 0 radical (unpaired) electrons. The van der Waals surface area contributed by atoms with E-state index in [2.05, 4.69) is 0 Å². The highest BCUT2D eigenvalue weighted by Crippen LogP contribution is 2.45. The predicted molar refractivity (Wildman–Crippen MR) is 93.1 cm³/mol. The Bertz CT molecular complexity index is 558. The second-order valence-corrected chi connectivity index (χ2v) is 8.00. The van der Waals surface area contributed by atoms with Gasteiger partial charge in [0.15, 0.2) is 0 Å². The molecule has 3 heterocycles. The van der Waals surface area contributed by atoms with Crippen LogP contribution in [0.2, 0.25) is 0 Å². The standard InChI is InChI=1S/C20H29NO4/c22-19(12-18-2-1-10-25-18)21-8-5-20(6-9-21)7-11-23-14-17(20)15-24-13-16-3-4-16/h1-2,10,16-17H,3-9,11-15H2/t17-/m0/s1. The fraction of sp³-hybridized carbons (Fsp3) is 0.750. The van der Waals surface area contributed by atoms with Gasteiger partial charge >= 0.3 is 0 Å². The van der Waals surface area contributed by atoms with Gasteiger partial charge in [-0.2, -0.15) is 0 Å². The summed E-state index contributed by atoms with van der Waals surface area (Å²) in [5.41, 5.74) is 0.295. The van der Waals surface area contributed by atoms with E-state index >= 15 is 0 Å². The average molecular weight is 347 g/mol. The van der Waals surface area contributed by atoms with Crippen molar-refractivity contribution in [2.45, 2.75) is 38.5 Å². The molecule has 2 saturated heterocycles. The van der Waals surface area contributed by atoms with Gasteiger partial charge in [0, 0.05) is 32.2 Å². The van der Waals surface area contributed by atoms with E-state index in [1.807, 2.05) is 17.0 Å². The first kappa shape index (κ1) is 17.1. The molecule has 1 atom stereocenters. The number of hydrogen-bond donors (Lipinski definition) is 0. The Balaban J connectivity index is 1.30. The lowest BCUT2D eigenvalue weighted by atomic mass is 9.66. The Morgan fingerprint density at radius 2 is 2.08 bits per heavy atom. The Morgan fingerprint density at radius 1 is 1.24 bits per heavy atom.